The van der Waals surface area contributed by atoms with E-state index in [-0.39, 0.29) is 25.0 Å². The molecule has 0 aliphatic rings. The lowest BCUT2D eigenvalue weighted by Gasteiger charge is -2.16. The minimum Gasteiger partial charge on any atom is -0.435 e. The van der Waals surface area contributed by atoms with Crippen molar-refractivity contribution >= 4 is 30.5 Å². The van der Waals surface area contributed by atoms with E-state index >= 15 is 0 Å². The Kier molecular flexibility index (Phi) is 28.6. The van der Waals surface area contributed by atoms with Gasteiger partial charge in [0.05, 0.1) is 12.6 Å². The highest BCUT2D eigenvalue weighted by Gasteiger charge is 2.15. The van der Waals surface area contributed by atoms with Gasteiger partial charge in [-0.2, -0.15) is 0 Å². The molecule has 33 heavy (non-hydrogen) atoms. The number of benzene rings is 1. The van der Waals surface area contributed by atoms with Crippen molar-refractivity contribution in [2.75, 3.05) is 39.5 Å². The predicted octanol–water partition coefficient (Wildman–Crippen LogP) is 1.74. The summed E-state index contributed by atoms with van der Waals surface area (Å²) in [6.07, 6.45) is 2.13. The van der Waals surface area contributed by atoms with Gasteiger partial charge < -0.3 is 36.5 Å². The first-order valence-electron chi connectivity index (χ1n) is 10.6. The fourth-order valence-corrected chi connectivity index (χ4v) is 2.03. The number of hydrogen-bond donors (Lipinski definition) is 5. The van der Waals surface area contributed by atoms with Crippen LogP contribution in [-0.4, -0.2) is 65.1 Å². The molecule has 1 unspecified atom stereocenters. The van der Waals surface area contributed by atoms with E-state index < -0.39 is 6.22 Å². The number of carbonyl (C=O) groups excluding carboxylic acids is 4. The maximum atomic E-state index is 12.1. The van der Waals surface area contributed by atoms with Gasteiger partial charge in [-0.3, -0.25) is 9.59 Å². The van der Waals surface area contributed by atoms with Crippen LogP contribution in [0.1, 0.15) is 38.7 Å². The van der Waals surface area contributed by atoms with E-state index in [9.17, 15) is 18.8 Å². The Bertz CT molecular complexity index is 618. The van der Waals surface area contributed by atoms with Crippen LogP contribution in [0.4, 0.5) is 14.9 Å². The molecule has 0 aromatic heterocycles. The monoisotopic (exact) mass is 473 g/mol. The predicted molar refractivity (Wildman–Crippen MR) is 129 cm³/mol. The third-order valence-corrected chi connectivity index (χ3v) is 3.45. The van der Waals surface area contributed by atoms with Gasteiger partial charge in [0.25, 0.3) is 0 Å². The van der Waals surface area contributed by atoms with Crippen molar-refractivity contribution in [3.05, 3.63) is 29.8 Å². The summed E-state index contributed by atoms with van der Waals surface area (Å²) in [6.45, 7) is 5.43. The molecule has 0 saturated heterocycles. The number of primary amides is 1. The minimum absolute atomic E-state index is 0.110. The minimum atomic E-state index is -1.81. The molecule has 1 atom stereocenters. The molecule has 0 heterocycles. The molecule has 0 aliphatic carbocycles. The molecule has 1 aromatic carbocycles. The molecular formula is C22H40FN5O5. The molecule has 190 valence electrons. The standard InChI is InChI=1S/C15H22FN3O3.C3H7NO.C3H8.CH3NO/c1-17-9-3-4-13(18-2)14(20)19-12-7-5-11(6-8-12)10-22-15(16)21;1-4-2-3-5;1-3-2;2-1-3/h5-8,13,17-18H,3-4,9-10H2,1-2H3,(H,19,20);3-4H,2H2,1H3;3H2,1-2H3;1H,(H2,2,3). The van der Waals surface area contributed by atoms with Gasteiger partial charge in [0, 0.05) is 5.69 Å². The molecule has 11 heteroatoms. The SMILES string of the molecule is CCC.CNCC=O.CNCCCC(NC)C(=O)Nc1ccc(COC(=O)F)cc1.NC=O. The normalized spacial score (nSPS) is 9.88. The van der Waals surface area contributed by atoms with Crippen LogP contribution in [0.15, 0.2) is 24.3 Å². The summed E-state index contributed by atoms with van der Waals surface area (Å²) in [5.41, 5.74) is 5.44. The van der Waals surface area contributed by atoms with Gasteiger partial charge in [0.15, 0.2) is 0 Å². The number of rotatable bonds is 11. The van der Waals surface area contributed by atoms with Gasteiger partial charge in [-0.05, 0) is 58.2 Å². The van der Waals surface area contributed by atoms with E-state index in [1.54, 1.807) is 38.4 Å². The lowest BCUT2D eigenvalue weighted by Crippen LogP contribution is -2.38. The van der Waals surface area contributed by atoms with Crippen LogP contribution in [-0.2, 0) is 25.7 Å². The van der Waals surface area contributed by atoms with Gasteiger partial charge in [-0.1, -0.05) is 32.4 Å². The van der Waals surface area contributed by atoms with Crippen LogP contribution in [0.25, 0.3) is 0 Å². The number of ether oxygens (including phenoxy) is 1. The van der Waals surface area contributed by atoms with E-state index in [0.29, 0.717) is 17.8 Å². The largest absolute Gasteiger partial charge is 0.495 e. The van der Waals surface area contributed by atoms with E-state index in [4.69, 9.17) is 4.79 Å². The topological polar surface area (TPSA) is 152 Å². The van der Waals surface area contributed by atoms with Crippen molar-refractivity contribution in [3.63, 3.8) is 0 Å². The summed E-state index contributed by atoms with van der Waals surface area (Å²) in [7, 11) is 5.35. The van der Waals surface area contributed by atoms with Gasteiger partial charge in [0.2, 0.25) is 12.3 Å². The zero-order chi connectivity index (χ0) is 25.9. The second-order valence-corrected chi connectivity index (χ2v) is 6.37. The molecule has 0 saturated carbocycles. The maximum Gasteiger partial charge on any atom is 0.495 e. The molecule has 0 fully saturated rings. The third kappa shape index (κ3) is 25.2. The average Bonchev–Trinajstić information content (AvgIpc) is 2.78. The van der Waals surface area contributed by atoms with E-state index in [2.05, 4.69) is 45.6 Å². The Morgan fingerprint density at radius 1 is 1.09 bits per heavy atom. The first-order chi connectivity index (χ1) is 15.8. The van der Waals surface area contributed by atoms with Gasteiger partial charge in [-0.25, -0.2) is 4.79 Å². The van der Waals surface area contributed by atoms with Crippen molar-refractivity contribution in [2.24, 2.45) is 5.73 Å². The molecule has 0 radical (unpaired) electrons. The van der Waals surface area contributed by atoms with Crippen molar-refractivity contribution in [2.45, 2.75) is 45.8 Å². The van der Waals surface area contributed by atoms with Gasteiger partial charge >= 0.3 is 6.22 Å². The lowest BCUT2D eigenvalue weighted by atomic mass is 10.1. The Hall–Kier alpha value is -2.89. The van der Waals surface area contributed by atoms with Crippen LogP contribution in [0, 0.1) is 0 Å². The molecule has 0 bridgehead atoms. The average molecular weight is 474 g/mol. The van der Waals surface area contributed by atoms with Crippen molar-refractivity contribution in [3.8, 4) is 0 Å². The second kappa shape index (κ2) is 27.1. The molecule has 6 N–H and O–H groups in total. The van der Waals surface area contributed by atoms with Gasteiger partial charge in [-0.15, -0.1) is 4.39 Å². The summed E-state index contributed by atoms with van der Waals surface area (Å²) < 4.78 is 16.2. The Morgan fingerprint density at radius 2 is 1.64 bits per heavy atom. The number of halogens is 1. The van der Waals surface area contributed by atoms with Crippen molar-refractivity contribution in [1.29, 1.82) is 0 Å². The highest BCUT2D eigenvalue weighted by Crippen LogP contribution is 2.12. The van der Waals surface area contributed by atoms with E-state index in [1.165, 1.54) is 6.42 Å². The molecular weight excluding hydrogens is 433 g/mol. The van der Waals surface area contributed by atoms with Crippen molar-refractivity contribution in [1.82, 2.24) is 16.0 Å². The molecule has 2 amide bonds. The number of amides is 2. The molecule has 1 rings (SSSR count). The summed E-state index contributed by atoms with van der Waals surface area (Å²) in [6, 6.07) is 6.42. The molecule has 10 nitrogen and oxygen atoms in total. The number of likely N-dealkylation sites (N-methyl/N-ethyl adjacent to an activating group) is 2. The maximum absolute atomic E-state index is 12.1. The Labute approximate surface area is 196 Å². The number of carbonyl (C=O) groups is 4. The number of hydrogen-bond acceptors (Lipinski definition) is 8. The zero-order valence-electron chi connectivity index (χ0n) is 20.3. The van der Waals surface area contributed by atoms with E-state index in [1.807, 2.05) is 7.05 Å². The Morgan fingerprint density at radius 3 is 2.00 bits per heavy atom. The molecule has 0 spiro atoms. The fourth-order valence-electron chi connectivity index (χ4n) is 2.03. The number of anilines is 1. The Balaban J connectivity index is -0.000000683. The smallest absolute Gasteiger partial charge is 0.435 e. The first kappa shape index (κ1) is 34.7. The zero-order valence-corrected chi connectivity index (χ0v) is 20.3. The number of nitrogens with two attached hydrogens (primary N) is 1. The number of nitrogens with one attached hydrogen (secondary N) is 4. The highest BCUT2D eigenvalue weighted by atomic mass is 19.1. The second-order valence-electron chi connectivity index (χ2n) is 6.37. The van der Waals surface area contributed by atoms with Crippen LogP contribution in [0.5, 0.6) is 0 Å². The first-order valence-corrected chi connectivity index (χ1v) is 10.6. The van der Waals surface area contributed by atoms with E-state index in [0.717, 1.165) is 25.7 Å². The summed E-state index contributed by atoms with van der Waals surface area (Å²) in [4.78, 5) is 40.1. The molecule has 0 aliphatic heterocycles. The van der Waals surface area contributed by atoms with Crippen LogP contribution in [0.2, 0.25) is 0 Å². The van der Waals surface area contributed by atoms with Crippen molar-refractivity contribution < 1.29 is 28.3 Å². The van der Waals surface area contributed by atoms with Crippen LogP contribution in [0.3, 0.4) is 0 Å². The molecule has 1 aromatic rings. The van der Waals surface area contributed by atoms with Gasteiger partial charge in [0.1, 0.15) is 12.9 Å². The van der Waals surface area contributed by atoms with Crippen LogP contribution < -0.4 is 27.0 Å². The summed E-state index contributed by atoms with van der Waals surface area (Å²) in [5, 5.41) is 11.5. The quantitative estimate of drug-likeness (QED) is 0.185. The fraction of sp³-hybridized carbons (Fsp3) is 0.545. The number of aldehydes is 1. The van der Waals surface area contributed by atoms with Crippen LogP contribution >= 0.6 is 0 Å². The summed E-state index contributed by atoms with van der Waals surface area (Å²) in [5.74, 6) is -0.110. The highest BCUT2D eigenvalue weighted by molar-refractivity contribution is 5.94. The third-order valence-electron chi connectivity index (χ3n) is 3.45. The summed E-state index contributed by atoms with van der Waals surface area (Å²) >= 11 is 0. The lowest BCUT2D eigenvalue weighted by molar-refractivity contribution is -0.118.